The monoisotopic (exact) mass is 145 g/mol. The molecule has 1 rings (SSSR count). The molecule has 0 amide bonds. The first kappa shape index (κ1) is 7.98. The van der Waals surface area contributed by atoms with E-state index in [2.05, 4.69) is 5.32 Å². The van der Waals surface area contributed by atoms with Crippen LogP contribution >= 0.6 is 0 Å². The quantitative estimate of drug-likeness (QED) is 0.597. The van der Waals surface area contributed by atoms with Crippen LogP contribution < -0.4 is 5.32 Å². The van der Waals surface area contributed by atoms with Gasteiger partial charge in [0.2, 0.25) is 0 Å². The molecule has 0 aliphatic carbocycles. The largest absolute Gasteiger partial charge is 0.384 e. The first-order valence-corrected chi connectivity index (χ1v) is 3.54. The predicted molar refractivity (Wildman–Crippen MR) is 39.1 cm³/mol. The van der Waals surface area contributed by atoms with E-state index in [1.807, 2.05) is 7.05 Å². The highest BCUT2D eigenvalue weighted by Crippen LogP contribution is 2.26. The zero-order valence-corrected chi connectivity index (χ0v) is 6.64. The molecule has 0 atom stereocenters. The number of rotatable bonds is 4. The Morgan fingerprint density at radius 1 is 1.60 bits per heavy atom. The Morgan fingerprint density at radius 3 is 2.60 bits per heavy atom. The molecule has 0 saturated carbocycles. The van der Waals surface area contributed by atoms with Gasteiger partial charge < -0.3 is 14.8 Å². The van der Waals surface area contributed by atoms with Gasteiger partial charge in [0.1, 0.15) is 0 Å². The van der Waals surface area contributed by atoms with Crippen molar-refractivity contribution in [1.29, 1.82) is 0 Å². The van der Waals surface area contributed by atoms with Crippen molar-refractivity contribution in [3.8, 4) is 0 Å². The van der Waals surface area contributed by atoms with Crippen molar-refractivity contribution in [2.75, 3.05) is 40.5 Å². The lowest BCUT2D eigenvalue weighted by Gasteiger charge is -2.40. The molecule has 3 heteroatoms. The fraction of sp³-hybridized carbons (Fsp3) is 1.00. The van der Waals surface area contributed by atoms with Gasteiger partial charge in [-0.25, -0.2) is 0 Å². The maximum Gasteiger partial charge on any atom is 0.0579 e. The first-order valence-electron chi connectivity index (χ1n) is 3.54. The van der Waals surface area contributed by atoms with Crippen molar-refractivity contribution in [3.63, 3.8) is 0 Å². The molecule has 1 heterocycles. The van der Waals surface area contributed by atoms with E-state index < -0.39 is 0 Å². The predicted octanol–water partition coefficient (Wildman–Crippen LogP) is -0.131. The van der Waals surface area contributed by atoms with Gasteiger partial charge in [-0.15, -0.1) is 0 Å². The molecule has 10 heavy (non-hydrogen) atoms. The first-order chi connectivity index (χ1) is 4.83. The fourth-order valence-electron chi connectivity index (χ4n) is 1.31. The highest BCUT2D eigenvalue weighted by Gasteiger charge is 2.37. The summed E-state index contributed by atoms with van der Waals surface area (Å²) in [4.78, 5) is 0. The van der Waals surface area contributed by atoms with E-state index in [9.17, 15) is 0 Å². The van der Waals surface area contributed by atoms with Gasteiger partial charge in [-0.05, 0) is 7.05 Å². The second-order valence-corrected chi connectivity index (χ2v) is 2.96. The Balaban J connectivity index is 2.27. The summed E-state index contributed by atoms with van der Waals surface area (Å²) < 4.78 is 10.2. The molecule has 1 aliphatic rings. The molecule has 1 fully saturated rings. The van der Waals surface area contributed by atoms with E-state index in [-0.39, 0.29) is 5.41 Å². The molecular weight excluding hydrogens is 130 g/mol. The third-order valence-corrected chi connectivity index (χ3v) is 1.82. The standard InChI is InChI=1S/C7H15NO2/c1-8-3-7(4-9-2)5-10-6-7/h8H,3-6H2,1-2H3. The minimum Gasteiger partial charge on any atom is -0.384 e. The second kappa shape index (κ2) is 3.32. The number of ether oxygens (including phenoxy) is 2. The van der Waals surface area contributed by atoms with Gasteiger partial charge >= 0.3 is 0 Å². The van der Waals surface area contributed by atoms with Crippen molar-refractivity contribution in [2.45, 2.75) is 0 Å². The fourth-order valence-corrected chi connectivity index (χ4v) is 1.31. The summed E-state index contributed by atoms with van der Waals surface area (Å²) in [5.74, 6) is 0. The molecule has 1 N–H and O–H groups in total. The van der Waals surface area contributed by atoms with Crippen LogP contribution in [0.25, 0.3) is 0 Å². The van der Waals surface area contributed by atoms with Crippen molar-refractivity contribution < 1.29 is 9.47 Å². The van der Waals surface area contributed by atoms with Gasteiger partial charge in [0.15, 0.2) is 0 Å². The van der Waals surface area contributed by atoms with Crippen LogP contribution in [0.5, 0.6) is 0 Å². The zero-order valence-electron chi connectivity index (χ0n) is 6.64. The summed E-state index contributed by atoms with van der Waals surface area (Å²) in [6.07, 6.45) is 0. The molecule has 60 valence electrons. The lowest BCUT2D eigenvalue weighted by Crippen LogP contribution is -2.52. The lowest BCUT2D eigenvalue weighted by molar-refractivity contribution is -0.139. The van der Waals surface area contributed by atoms with Gasteiger partial charge in [0.05, 0.1) is 25.2 Å². The van der Waals surface area contributed by atoms with Crippen molar-refractivity contribution in [3.05, 3.63) is 0 Å². The molecule has 0 spiro atoms. The Labute approximate surface area is 61.7 Å². The molecule has 1 saturated heterocycles. The summed E-state index contributed by atoms with van der Waals surface area (Å²) in [6.45, 7) is 3.46. The molecule has 0 aromatic heterocycles. The van der Waals surface area contributed by atoms with E-state index in [1.165, 1.54) is 0 Å². The molecule has 1 aliphatic heterocycles. The second-order valence-electron chi connectivity index (χ2n) is 2.96. The molecule has 0 unspecified atom stereocenters. The Kier molecular flexibility index (Phi) is 2.65. The Morgan fingerprint density at radius 2 is 2.30 bits per heavy atom. The summed E-state index contributed by atoms with van der Waals surface area (Å²) in [5.41, 5.74) is 0.267. The third-order valence-electron chi connectivity index (χ3n) is 1.82. The normalized spacial score (nSPS) is 22.2. The van der Waals surface area contributed by atoms with Crippen LogP contribution in [0.1, 0.15) is 0 Å². The van der Waals surface area contributed by atoms with E-state index in [1.54, 1.807) is 7.11 Å². The van der Waals surface area contributed by atoms with Gasteiger partial charge in [-0.1, -0.05) is 0 Å². The third kappa shape index (κ3) is 1.48. The highest BCUT2D eigenvalue weighted by atomic mass is 16.5. The van der Waals surface area contributed by atoms with Gasteiger partial charge in [-0.2, -0.15) is 0 Å². The average molecular weight is 145 g/mol. The van der Waals surface area contributed by atoms with Crippen LogP contribution in [0.4, 0.5) is 0 Å². The minimum atomic E-state index is 0.267. The molecule has 0 aromatic carbocycles. The maximum atomic E-state index is 5.12. The molecule has 0 radical (unpaired) electrons. The summed E-state index contributed by atoms with van der Waals surface area (Å²) >= 11 is 0. The van der Waals surface area contributed by atoms with Crippen LogP contribution in [0, 0.1) is 5.41 Å². The van der Waals surface area contributed by atoms with Crippen LogP contribution in [0.3, 0.4) is 0 Å². The minimum absolute atomic E-state index is 0.267. The number of nitrogens with one attached hydrogen (secondary N) is 1. The number of hydrogen-bond acceptors (Lipinski definition) is 3. The van der Waals surface area contributed by atoms with Crippen LogP contribution in [-0.2, 0) is 9.47 Å². The summed E-state index contributed by atoms with van der Waals surface area (Å²) in [5, 5.41) is 3.14. The van der Waals surface area contributed by atoms with Crippen molar-refractivity contribution in [1.82, 2.24) is 5.32 Å². The zero-order chi connectivity index (χ0) is 7.45. The lowest BCUT2D eigenvalue weighted by atomic mass is 9.87. The van der Waals surface area contributed by atoms with Crippen molar-refractivity contribution >= 4 is 0 Å². The molecule has 0 aromatic rings. The molecule has 3 nitrogen and oxygen atoms in total. The van der Waals surface area contributed by atoms with Crippen molar-refractivity contribution in [2.24, 2.45) is 5.41 Å². The van der Waals surface area contributed by atoms with E-state index in [4.69, 9.17) is 9.47 Å². The molecule has 0 bridgehead atoms. The van der Waals surface area contributed by atoms with E-state index in [0.717, 1.165) is 26.4 Å². The maximum absolute atomic E-state index is 5.12. The van der Waals surface area contributed by atoms with Gasteiger partial charge in [0.25, 0.3) is 0 Å². The van der Waals surface area contributed by atoms with E-state index in [0.29, 0.717) is 0 Å². The average Bonchev–Trinajstić information content (AvgIpc) is 1.84. The van der Waals surface area contributed by atoms with E-state index >= 15 is 0 Å². The smallest absolute Gasteiger partial charge is 0.0579 e. The Bertz CT molecular complexity index is 93.8. The molecular formula is C7H15NO2. The topological polar surface area (TPSA) is 30.5 Å². The van der Waals surface area contributed by atoms with Gasteiger partial charge in [-0.3, -0.25) is 0 Å². The number of methoxy groups -OCH3 is 1. The van der Waals surface area contributed by atoms with Crippen LogP contribution in [-0.4, -0.2) is 40.5 Å². The SMILES string of the molecule is CNCC1(COC)COC1. The van der Waals surface area contributed by atoms with Crippen LogP contribution in [0.2, 0.25) is 0 Å². The Hall–Kier alpha value is -0.120. The van der Waals surface area contributed by atoms with Gasteiger partial charge in [0, 0.05) is 13.7 Å². The summed E-state index contributed by atoms with van der Waals surface area (Å²) in [6, 6.07) is 0. The summed E-state index contributed by atoms with van der Waals surface area (Å²) in [7, 11) is 3.69. The number of hydrogen-bond donors (Lipinski definition) is 1. The van der Waals surface area contributed by atoms with Crippen LogP contribution in [0.15, 0.2) is 0 Å². The highest BCUT2D eigenvalue weighted by molar-refractivity contribution is 4.86.